The molecular weight excluding hydrogens is 178 g/mol. The lowest BCUT2D eigenvalue weighted by atomic mass is 9.99. The molecule has 0 radical (unpaired) electrons. The van der Waals surface area contributed by atoms with Gasteiger partial charge in [0.2, 0.25) is 5.90 Å². The number of aliphatic hydroxyl groups excluding tert-OH is 1. The Hall–Kier alpha value is -1.71. The second-order valence-electron chi connectivity index (χ2n) is 3.35. The Bertz CT molecular complexity index is 384. The summed E-state index contributed by atoms with van der Waals surface area (Å²) in [5.41, 5.74) is 1.92. The van der Waals surface area contributed by atoms with E-state index in [0.29, 0.717) is 0 Å². The quantitative estimate of drug-likeness (QED) is 0.732. The van der Waals surface area contributed by atoms with Crippen molar-refractivity contribution in [3.63, 3.8) is 0 Å². The van der Waals surface area contributed by atoms with Gasteiger partial charge in [0.15, 0.2) is 0 Å². The van der Waals surface area contributed by atoms with E-state index in [1.165, 1.54) is 0 Å². The lowest BCUT2D eigenvalue weighted by Gasteiger charge is -2.14. The fraction of sp³-hybridized carbons (Fsp3) is 0.300. The third kappa shape index (κ3) is 1.64. The molecule has 4 heteroatoms. The predicted molar refractivity (Wildman–Crippen MR) is 54.6 cm³/mol. The van der Waals surface area contributed by atoms with Gasteiger partial charge < -0.3 is 5.11 Å². The maximum Gasteiger partial charge on any atom is 0.209 e. The molecule has 72 valence electrons. The summed E-state index contributed by atoms with van der Waals surface area (Å²) >= 11 is 0. The van der Waals surface area contributed by atoms with Crippen LogP contribution in [0.4, 0.5) is 0 Å². The van der Waals surface area contributed by atoms with Crippen LogP contribution >= 0.6 is 0 Å². The van der Waals surface area contributed by atoms with Crippen molar-refractivity contribution in [3.8, 4) is 0 Å². The van der Waals surface area contributed by atoms with E-state index in [9.17, 15) is 5.11 Å². The lowest BCUT2D eigenvalue weighted by molar-refractivity contribution is 0.487. The van der Waals surface area contributed by atoms with Crippen LogP contribution in [0.5, 0.6) is 0 Å². The smallest absolute Gasteiger partial charge is 0.209 e. The topological polar surface area (TPSA) is 57.8 Å². The Kier molecular flexibility index (Phi) is 2.26. The van der Waals surface area contributed by atoms with Crippen molar-refractivity contribution in [2.45, 2.75) is 13.3 Å². The highest BCUT2D eigenvalue weighted by Gasteiger charge is 2.18. The van der Waals surface area contributed by atoms with Gasteiger partial charge in [-0.3, -0.25) is 4.98 Å². The summed E-state index contributed by atoms with van der Waals surface area (Å²) in [5.74, 6) is 0.165. The van der Waals surface area contributed by atoms with Gasteiger partial charge in [-0.15, -0.1) is 5.10 Å². The van der Waals surface area contributed by atoms with Crippen molar-refractivity contribution in [2.75, 3.05) is 0 Å². The Labute approximate surface area is 82.0 Å². The maximum absolute atomic E-state index is 9.27. The second kappa shape index (κ2) is 3.57. The first kappa shape index (κ1) is 8.87. The first-order valence-corrected chi connectivity index (χ1v) is 4.51. The summed E-state index contributed by atoms with van der Waals surface area (Å²) in [6.07, 6.45) is 4.17. The van der Waals surface area contributed by atoms with Crippen molar-refractivity contribution in [3.05, 3.63) is 30.1 Å². The zero-order chi connectivity index (χ0) is 9.97. The maximum atomic E-state index is 9.27. The second-order valence-corrected chi connectivity index (χ2v) is 3.35. The zero-order valence-corrected chi connectivity index (χ0v) is 7.88. The van der Waals surface area contributed by atoms with Crippen LogP contribution in [0, 0.1) is 5.92 Å². The minimum absolute atomic E-state index is 0.0515. The van der Waals surface area contributed by atoms with Crippen molar-refractivity contribution in [1.29, 1.82) is 0 Å². The molecule has 0 spiro atoms. The molecule has 1 aliphatic rings. The van der Waals surface area contributed by atoms with Crippen LogP contribution in [0.15, 0.2) is 34.7 Å². The SMILES string of the molecule is CC1CC(c2ccncc2)=NN=C1O. The molecule has 0 aliphatic carbocycles. The molecule has 14 heavy (non-hydrogen) atoms. The summed E-state index contributed by atoms with van der Waals surface area (Å²) in [6, 6.07) is 3.78. The van der Waals surface area contributed by atoms with Gasteiger partial charge in [0, 0.05) is 30.3 Å². The molecule has 0 amide bonds. The van der Waals surface area contributed by atoms with E-state index in [-0.39, 0.29) is 11.8 Å². The zero-order valence-electron chi connectivity index (χ0n) is 7.88. The Balaban J connectivity index is 2.30. The molecule has 0 saturated heterocycles. The minimum Gasteiger partial charge on any atom is -0.495 e. The van der Waals surface area contributed by atoms with Gasteiger partial charge in [0.25, 0.3) is 0 Å². The molecule has 1 unspecified atom stereocenters. The summed E-state index contributed by atoms with van der Waals surface area (Å²) < 4.78 is 0. The number of aromatic nitrogens is 1. The number of hydrogen-bond donors (Lipinski definition) is 1. The molecule has 1 atom stereocenters. The molecule has 1 aliphatic heterocycles. The summed E-state index contributed by atoms with van der Waals surface area (Å²) in [7, 11) is 0. The van der Waals surface area contributed by atoms with Gasteiger partial charge in [0.05, 0.1) is 5.71 Å². The normalized spacial score (nSPS) is 21.4. The molecule has 0 aromatic carbocycles. The van der Waals surface area contributed by atoms with E-state index in [1.807, 2.05) is 19.1 Å². The van der Waals surface area contributed by atoms with Crippen LogP contribution in [0.1, 0.15) is 18.9 Å². The van der Waals surface area contributed by atoms with Crippen molar-refractivity contribution in [1.82, 2.24) is 4.98 Å². The third-order valence-corrected chi connectivity index (χ3v) is 2.23. The predicted octanol–water partition coefficient (Wildman–Crippen LogP) is 1.78. The van der Waals surface area contributed by atoms with Gasteiger partial charge in [0.1, 0.15) is 0 Å². The van der Waals surface area contributed by atoms with E-state index in [4.69, 9.17) is 0 Å². The highest BCUT2D eigenvalue weighted by Crippen LogP contribution is 2.15. The summed E-state index contributed by atoms with van der Waals surface area (Å²) in [4.78, 5) is 3.93. The first-order valence-electron chi connectivity index (χ1n) is 4.51. The molecule has 0 saturated carbocycles. The molecule has 2 heterocycles. The van der Waals surface area contributed by atoms with Crippen LogP contribution < -0.4 is 0 Å². The Morgan fingerprint density at radius 1 is 1.29 bits per heavy atom. The molecule has 4 nitrogen and oxygen atoms in total. The Morgan fingerprint density at radius 3 is 2.64 bits per heavy atom. The van der Waals surface area contributed by atoms with E-state index in [1.54, 1.807) is 12.4 Å². The molecular formula is C10H11N3O. The lowest BCUT2D eigenvalue weighted by Crippen LogP contribution is -2.19. The van der Waals surface area contributed by atoms with Crippen LogP contribution in [-0.4, -0.2) is 21.7 Å². The van der Waals surface area contributed by atoms with Crippen molar-refractivity contribution in [2.24, 2.45) is 16.1 Å². The minimum atomic E-state index is 0.0515. The standard InChI is InChI=1S/C10H11N3O/c1-7-6-9(12-13-10(7)14)8-2-4-11-5-3-8/h2-5,7H,6H2,1H3,(H,13,14). The number of aliphatic hydroxyl groups is 1. The van der Waals surface area contributed by atoms with E-state index in [2.05, 4.69) is 15.2 Å². The first-order chi connectivity index (χ1) is 6.77. The van der Waals surface area contributed by atoms with Crippen LogP contribution in [-0.2, 0) is 0 Å². The number of hydrogen-bond acceptors (Lipinski definition) is 3. The Morgan fingerprint density at radius 2 is 2.00 bits per heavy atom. The van der Waals surface area contributed by atoms with E-state index >= 15 is 0 Å². The van der Waals surface area contributed by atoms with E-state index in [0.717, 1.165) is 17.7 Å². The van der Waals surface area contributed by atoms with Crippen LogP contribution in [0.2, 0.25) is 0 Å². The third-order valence-electron chi connectivity index (χ3n) is 2.23. The molecule has 0 fully saturated rings. The van der Waals surface area contributed by atoms with Gasteiger partial charge in [-0.1, -0.05) is 6.92 Å². The van der Waals surface area contributed by atoms with Crippen LogP contribution in [0.3, 0.4) is 0 Å². The molecule has 0 bridgehead atoms. The molecule has 1 N–H and O–H groups in total. The van der Waals surface area contributed by atoms with Gasteiger partial charge in [-0.25, -0.2) is 0 Å². The number of pyridine rings is 1. The van der Waals surface area contributed by atoms with Crippen LogP contribution in [0.25, 0.3) is 0 Å². The fourth-order valence-electron chi connectivity index (χ4n) is 1.35. The molecule has 1 aromatic heterocycles. The average molecular weight is 189 g/mol. The number of nitrogens with zero attached hydrogens (tertiary/aromatic N) is 3. The van der Waals surface area contributed by atoms with E-state index < -0.39 is 0 Å². The highest BCUT2D eigenvalue weighted by atomic mass is 16.3. The van der Waals surface area contributed by atoms with Gasteiger partial charge >= 0.3 is 0 Å². The average Bonchev–Trinajstić information content (AvgIpc) is 2.23. The van der Waals surface area contributed by atoms with Crippen molar-refractivity contribution < 1.29 is 5.11 Å². The van der Waals surface area contributed by atoms with Gasteiger partial charge in [-0.05, 0) is 12.1 Å². The summed E-state index contributed by atoms with van der Waals surface area (Å²) in [6.45, 7) is 1.93. The van der Waals surface area contributed by atoms with Gasteiger partial charge in [-0.2, -0.15) is 5.10 Å². The largest absolute Gasteiger partial charge is 0.495 e. The molecule has 2 rings (SSSR count). The van der Waals surface area contributed by atoms with Crippen molar-refractivity contribution >= 4 is 11.6 Å². The highest BCUT2D eigenvalue weighted by molar-refractivity contribution is 6.03. The summed E-state index contributed by atoms with van der Waals surface area (Å²) in [5, 5.41) is 16.9. The number of rotatable bonds is 1. The fourth-order valence-corrected chi connectivity index (χ4v) is 1.35. The molecule has 1 aromatic rings. The monoisotopic (exact) mass is 189 g/mol.